The Labute approximate surface area is 82.3 Å². The normalized spacial score (nSPS) is 10.6. The highest BCUT2D eigenvalue weighted by atomic mass is 79.9. The predicted octanol–water partition coefficient (Wildman–Crippen LogP) is 2.37. The van der Waals surface area contributed by atoms with E-state index in [-0.39, 0.29) is 0 Å². The van der Waals surface area contributed by atoms with Crippen molar-refractivity contribution >= 4 is 26.8 Å². The average Bonchev–Trinajstić information content (AvgIpc) is 2.06. The van der Waals surface area contributed by atoms with Crippen LogP contribution in [0.15, 0.2) is 34.9 Å². The number of aromatic nitrogens is 1. The minimum Gasteiger partial charge on any atom is -0.618 e. The van der Waals surface area contributed by atoms with E-state index >= 15 is 0 Å². The van der Waals surface area contributed by atoms with E-state index < -0.39 is 5.82 Å². The fourth-order valence-electron chi connectivity index (χ4n) is 1.20. The second kappa shape index (κ2) is 2.96. The highest BCUT2D eigenvalue weighted by molar-refractivity contribution is 9.10. The maximum Gasteiger partial charge on any atom is 0.226 e. The van der Waals surface area contributed by atoms with E-state index in [0.29, 0.717) is 20.1 Å². The first kappa shape index (κ1) is 8.44. The van der Waals surface area contributed by atoms with Gasteiger partial charge in [0.05, 0.1) is 4.47 Å². The van der Waals surface area contributed by atoms with Crippen LogP contribution in [-0.2, 0) is 0 Å². The molecule has 2 aromatic rings. The molecule has 13 heavy (non-hydrogen) atoms. The van der Waals surface area contributed by atoms with Crippen molar-refractivity contribution in [2.45, 2.75) is 0 Å². The fourth-order valence-corrected chi connectivity index (χ4v) is 1.63. The van der Waals surface area contributed by atoms with E-state index in [0.717, 1.165) is 0 Å². The summed E-state index contributed by atoms with van der Waals surface area (Å²) in [6, 6.07) is 5.89. The number of hydrogen-bond donors (Lipinski definition) is 0. The summed E-state index contributed by atoms with van der Waals surface area (Å²) in [5.41, 5.74) is 0.336. The van der Waals surface area contributed by atoms with Gasteiger partial charge < -0.3 is 5.21 Å². The van der Waals surface area contributed by atoms with E-state index in [4.69, 9.17) is 0 Å². The van der Waals surface area contributed by atoms with Gasteiger partial charge in [0.1, 0.15) is 5.82 Å². The van der Waals surface area contributed by atoms with Crippen LogP contribution < -0.4 is 4.73 Å². The van der Waals surface area contributed by atoms with Gasteiger partial charge in [0.15, 0.2) is 6.20 Å². The van der Waals surface area contributed by atoms with Crippen LogP contribution in [0.1, 0.15) is 0 Å². The van der Waals surface area contributed by atoms with Crippen LogP contribution in [0.3, 0.4) is 0 Å². The molecule has 0 amide bonds. The van der Waals surface area contributed by atoms with E-state index in [1.54, 1.807) is 12.1 Å². The number of pyridine rings is 1. The molecule has 0 radical (unpaired) electrons. The van der Waals surface area contributed by atoms with Gasteiger partial charge in [-0.25, -0.2) is 4.39 Å². The number of halogens is 2. The Kier molecular flexibility index (Phi) is 1.92. The molecule has 0 aliphatic carbocycles. The van der Waals surface area contributed by atoms with Crippen LogP contribution in [0.25, 0.3) is 10.9 Å². The van der Waals surface area contributed by atoms with Gasteiger partial charge in [-0.1, -0.05) is 0 Å². The van der Waals surface area contributed by atoms with Gasteiger partial charge in [0.25, 0.3) is 0 Å². The fraction of sp³-hybridized carbons (Fsp3) is 0. The Hall–Kier alpha value is -1.16. The minimum absolute atomic E-state index is 0.336. The molecule has 0 saturated heterocycles. The molecule has 66 valence electrons. The van der Waals surface area contributed by atoms with Crippen LogP contribution in [0, 0.1) is 11.0 Å². The van der Waals surface area contributed by atoms with E-state index in [1.807, 2.05) is 0 Å². The Balaban J connectivity index is 2.87. The lowest BCUT2D eigenvalue weighted by atomic mass is 10.2. The van der Waals surface area contributed by atoms with Crippen molar-refractivity contribution in [1.29, 1.82) is 0 Å². The first-order valence-electron chi connectivity index (χ1n) is 3.65. The zero-order valence-corrected chi connectivity index (χ0v) is 8.08. The minimum atomic E-state index is -0.403. The van der Waals surface area contributed by atoms with Gasteiger partial charge in [0.2, 0.25) is 5.52 Å². The van der Waals surface area contributed by atoms with Crippen molar-refractivity contribution in [1.82, 2.24) is 0 Å². The lowest BCUT2D eigenvalue weighted by molar-refractivity contribution is -0.577. The number of fused-ring (bicyclic) bond motifs is 1. The molecule has 1 aromatic carbocycles. The topological polar surface area (TPSA) is 26.9 Å². The molecule has 0 spiro atoms. The zero-order valence-electron chi connectivity index (χ0n) is 6.50. The average molecular weight is 242 g/mol. The molecule has 4 heteroatoms. The maximum absolute atomic E-state index is 12.8. The smallest absolute Gasteiger partial charge is 0.226 e. The van der Waals surface area contributed by atoms with Gasteiger partial charge in [-0.2, -0.15) is 4.73 Å². The molecule has 0 unspecified atom stereocenters. The third-order valence-corrected chi connectivity index (χ3v) is 2.20. The number of rotatable bonds is 0. The molecule has 2 nitrogen and oxygen atoms in total. The summed E-state index contributed by atoms with van der Waals surface area (Å²) in [4.78, 5) is 0. The molecule has 0 saturated carbocycles. The monoisotopic (exact) mass is 241 g/mol. The van der Waals surface area contributed by atoms with Crippen molar-refractivity contribution in [3.63, 3.8) is 0 Å². The number of nitrogens with zero attached hydrogens (tertiary/aromatic N) is 1. The molecule has 0 fully saturated rings. The molecule has 0 aliphatic rings. The third-order valence-electron chi connectivity index (χ3n) is 1.76. The van der Waals surface area contributed by atoms with Crippen LogP contribution in [-0.4, -0.2) is 0 Å². The molecule has 1 aromatic heterocycles. The Morgan fingerprint density at radius 1 is 1.31 bits per heavy atom. The summed E-state index contributed by atoms with van der Waals surface area (Å²) in [7, 11) is 0. The summed E-state index contributed by atoms with van der Waals surface area (Å²) < 4.78 is 14.1. The standard InChI is InChI=1S/C9H5BrFNO/c10-7-3-6-1-2-8(11)4-9(6)12(13)5-7/h1-5H. The largest absolute Gasteiger partial charge is 0.618 e. The van der Waals surface area contributed by atoms with Crippen molar-refractivity contribution < 1.29 is 9.12 Å². The Morgan fingerprint density at radius 3 is 2.85 bits per heavy atom. The van der Waals surface area contributed by atoms with Crippen molar-refractivity contribution in [2.75, 3.05) is 0 Å². The van der Waals surface area contributed by atoms with Gasteiger partial charge in [-0.3, -0.25) is 0 Å². The molecule has 0 aliphatic heterocycles. The SMILES string of the molecule is [O-][n+]1cc(Br)cc2ccc(F)cc21. The van der Waals surface area contributed by atoms with Crippen LogP contribution in [0.5, 0.6) is 0 Å². The second-order valence-corrected chi connectivity index (χ2v) is 3.60. The van der Waals surface area contributed by atoms with E-state index in [2.05, 4.69) is 15.9 Å². The number of benzene rings is 1. The second-order valence-electron chi connectivity index (χ2n) is 2.69. The Bertz CT molecular complexity index is 472. The third kappa shape index (κ3) is 1.49. The maximum atomic E-state index is 12.8. The number of hydrogen-bond acceptors (Lipinski definition) is 1. The van der Waals surface area contributed by atoms with Gasteiger partial charge >= 0.3 is 0 Å². The summed E-state index contributed by atoms with van der Waals surface area (Å²) >= 11 is 3.19. The molecule has 0 bridgehead atoms. The van der Waals surface area contributed by atoms with Gasteiger partial charge in [-0.15, -0.1) is 0 Å². The first-order valence-corrected chi connectivity index (χ1v) is 4.44. The van der Waals surface area contributed by atoms with Gasteiger partial charge in [-0.05, 0) is 34.1 Å². The molecule has 0 N–H and O–H groups in total. The quantitative estimate of drug-likeness (QED) is 0.514. The molecular formula is C9H5BrFNO. The van der Waals surface area contributed by atoms with Gasteiger partial charge in [0, 0.05) is 11.5 Å². The molecule has 0 atom stereocenters. The molecule has 2 rings (SSSR count). The van der Waals surface area contributed by atoms with Crippen LogP contribution >= 0.6 is 15.9 Å². The predicted molar refractivity (Wildman–Crippen MR) is 50.6 cm³/mol. The lowest BCUT2D eigenvalue weighted by Crippen LogP contribution is -2.26. The summed E-state index contributed by atoms with van der Waals surface area (Å²) in [5, 5.41) is 12.0. The Morgan fingerprint density at radius 2 is 2.08 bits per heavy atom. The van der Waals surface area contributed by atoms with Crippen molar-refractivity contribution in [3.05, 3.63) is 46.0 Å². The highest BCUT2D eigenvalue weighted by Crippen LogP contribution is 2.16. The molecular weight excluding hydrogens is 237 g/mol. The van der Waals surface area contributed by atoms with Crippen LogP contribution in [0.2, 0.25) is 0 Å². The van der Waals surface area contributed by atoms with E-state index in [1.165, 1.54) is 18.3 Å². The van der Waals surface area contributed by atoms with Crippen molar-refractivity contribution in [3.8, 4) is 0 Å². The molecule has 1 heterocycles. The summed E-state index contributed by atoms with van der Waals surface area (Å²) in [5.74, 6) is -0.403. The lowest BCUT2D eigenvalue weighted by Gasteiger charge is -2.01. The first-order chi connectivity index (χ1) is 6.16. The summed E-state index contributed by atoms with van der Waals surface area (Å²) in [6.07, 6.45) is 1.35. The van der Waals surface area contributed by atoms with Crippen molar-refractivity contribution in [2.24, 2.45) is 0 Å². The van der Waals surface area contributed by atoms with E-state index in [9.17, 15) is 9.60 Å². The zero-order chi connectivity index (χ0) is 9.42. The van der Waals surface area contributed by atoms with Crippen LogP contribution in [0.4, 0.5) is 4.39 Å². The summed E-state index contributed by atoms with van der Waals surface area (Å²) in [6.45, 7) is 0. The highest BCUT2D eigenvalue weighted by Gasteiger charge is 2.05.